The van der Waals surface area contributed by atoms with Gasteiger partial charge in [0.2, 0.25) is 0 Å². The summed E-state index contributed by atoms with van der Waals surface area (Å²) in [6.07, 6.45) is 0.209. The topological polar surface area (TPSA) is 29.5 Å². The Hall–Kier alpha value is -1.13. The van der Waals surface area contributed by atoms with Crippen LogP contribution < -0.4 is 0 Å². The van der Waals surface area contributed by atoms with Gasteiger partial charge in [-0.2, -0.15) is 0 Å². The Morgan fingerprint density at radius 2 is 2.00 bits per heavy atom. The number of nitrogens with zero attached hydrogens (tertiary/aromatic N) is 1. The van der Waals surface area contributed by atoms with E-state index in [4.69, 9.17) is 16.3 Å². The highest BCUT2D eigenvalue weighted by molar-refractivity contribution is 6.31. The maximum atomic E-state index is 13.2. The maximum absolute atomic E-state index is 13.2. The van der Waals surface area contributed by atoms with Gasteiger partial charge in [0.05, 0.1) is 13.0 Å². The van der Waals surface area contributed by atoms with Crippen LogP contribution in [0.1, 0.15) is 38.8 Å². The largest absolute Gasteiger partial charge is 0.466 e. The van der Waals surface area contributed by atoms with Crippen molar-refractivity contribution in [3.63, 3.8) is 0 Å². The number of hydrogen-bond acceptors (Lipinski definition) is 3. The Labute approximate surface area is 124 Å². The summed E-state index contributed by atoms with van der Waals surface area (Å²) in [5.74, 6) is -0.655. The Morgan fingerprint density at radius 1 is 1.35 bits per heavy atom. The zero-order valence-corrected chi connectivity index (χ0v) is 12.9. The second kappa shape index (κ2) is 8.22. The lowest BCUT2D eigenvalue weighted by molar-refractivity contribution is -0.144. The Balaban J connectivity index is 3.05. The molecule has 1 unspecified atom stereocenters. The van der Waals surface area contributed by atoms with Gasteiger partial charge >= 0.3 is 5.97 Å². The zero-order valence-electron chi connectivity index (χ0n) is 12.2. The van der Waals surface area contributed by atoms with E-state index in [2.05, 4.69) is 4.90 Å². The number of benzene rings is 1. The van der Waals surface area contributed by atoms with E-state index in [0.29, 0.717) is 11.6 Å². The average molecular weight is 302 g/mol. The number of esters is 1. The first-order valence-corrected chi connectivity index (χ1v) is 7.25. The van der Waals surface area contributed by atoms with Crippen molar-refractivity contribution in [1.82, 2.24) is 4.90 Å². The molecule has 0 spiro atoms. The van der Waals surface area contributed by atoms with Gasteiger partial charge in [-0.25, -0.2) is 4.39 Å². The molecule has 1 rings (SSSR count). The third-order valence-electron chi connectivity index (χ3n) is 3.24. The minimum Gasteiger partial charge on any atom is -0.466 e. The minimum atomic E-state index is -0.381. The number of carbonyl (C=O) groups excluding carboxylic acids is 1. The van der Waals surface area contributed by atoms with Gasteiger partial charge in [-0.15, -0.1) is 0 Å². The van der Waals surface area contributed by atoms with E-state index in [-0.39, 0.29) is 24.2 Å². The highest BCUT2D eigenvalue weighted by atomic mass is 35.5. The first-order chi connectivity index (χ1) is 9.53. The van der Waals surface area contributed by atoms with Crippen molar-refractivity contribution in [2.45, 2.75) is 33.2 Å². The van der Waals surface area contributed by atoms with E-state index in [1.807, 2.05) is 13.8 Å². The van der Waals surface area contributed by atoms with Crippen LogP contribution in [0.15, 0.2) is 18.2 Å². The molecule has 1 aromatic rings. The van der Waals surface area contributed by atoms with Gasteiger partial charge in [0.25, 0.3) is 0 Å². The third kappa shape index (κ3) is 4.46. The van der Waals surface area contributed by atoms with Gasteiger partial charge in [-0.05, 0) is 37.7 Å². The van der Waals surface area contributed by atoms with Crippen molar-refractivity contribution in [2.75, 3.05) is 19.7 Å². The zero-order chi connectivity index (χ0) is 15.1. The fourth-order valence-corrected chi connectivity index (χ4v) is 2.54. The molecule has 0 aliphatic carbocycles. The molecule has 0 aliphatic heterocycles. The first kappa shape index (κ1) is 16.9. The molecule has 0 N–H and O–H groups in total. The van der Waals surface area contributed by atoms with Crippen molar-refractivity contribution in [1.29, 1.82) is 0 Å². The van der Waals surface area contributed by atoms with Crippen molar-refractivity contribution >= 4 is 17.6 Å². The molecule has 0 saturated carbocycles. The summed E-state index contributed by atoms with van der Waals surface area (Å²) < 4.78 is 18.2. The first-order valence-electron chi connectivity index (χ1n) is 6.88. The van der Waals surface area contributed by atoms with Gasteiger partial charge < -0.3 is 4.74 Å². The second-order valence-electron chi connectivity index (χ2n) is 4.41. The lowest BCUT2D eigenvalue weighted by Gasteiger charge is -2.30. The SMILES string of the molecule is CCOC(=O)CC(c1ccc(F)cc1Cl)N(CC)CC. The van der Waals surface area contributed by atoms with Crippen LogP contribution >= 0.6 is 11.6 Å². The van der Waals surface area contributed by atoms with Gasteiger partial charge in [0, 0.05) is 11.1 Å². The lowest BCUT2D eigenvalue weighted by Crippen LogP contribution is -2.31. The highest BCUT2D eigenvalue weighted by Gasteiger charge is 2.24. The molecule has 112 valence electrons. The highest BCUT2D eigenvalue weighted by Crippen LogP contribution is 2.31. The summed E-state index contributed by atoms with van der Waals surface area (Å²) >= 11 is 6.12. The molecule has 0 heterocycles. The lowest BCUT2D eigenvalue weighted by atomic mass is 10.0. The van der Waals surface area contributed by atoms with Crippen molar-refractivity contribution in [2.24, 2.45) is 0 Å². The smallest absolute Gasteiger partial charge is 0.307 e. The van der Waals surface area contributed by atoms with Crippen LogP contribution in [0.5, 0.6) is 0 Å². The molecule has 0 aromatic heterocycles. The van der Waals surface area contributed by atoms with E-state index >= 15 is 0 Å². The number of ether oxygens (including phenoxy) is 1. The van der Waals surface area contributed by atoms with Crippen molar-refractivity contribution < 1.29 is 13.9 Å². The number of halogens is 2. The van der Waals surface area contributed by atoms with Crippen LogP contribution in [0.3, 0.4) is 0 Å². The Morgan fingerprint density at radius 3 is 2.50 bits per heavy atom. The molecule has 0 bridgehead atoms. The van der Waals surface area contributed by atoms with Gasteiger partial charge in [0.1, 0.15) is 5.82 Å². The summed E-state index contributed by atoms with van der Waals surface area (Å²) in [5, 5.41) is 0.339. The third-order valence-corrected chi connectivity index (χ3v) is 3.57. The normalized spacial score (nSPS) is 12.5. The number of rotatable bonds is 7. The standard InChI is InChI=1S/C15H21ClFNO2/c1-4-18(5-2)14(10-15(19)20-6-3)12-8-7-11(17)9-13(12)16/h7-9,14H,4-6,10H2,1-3H3. The van der Waals surface area contributed by atoms with Crippen molar-refractivity contribution in [3.8, 4) is 0 Å². The van der Waals surface area contributed by atoms with E-state index in [0.717, 1.165) is 18.7 Å². The van der Waals surface area contributed by atoms with Crippen LogP contribution in [0.2, 0.25) is 5.02 Å². The predicted molar refractivity (Wildman–Crippen MR) is 78.3 cm³/mol. The minimum absolute atomic E-state index is 0.197. The molecule has 0 amide bonds. The Kier molecular flexibility index (Phi) is 6.96. The second-order valence-corrected chi connectivity index (χ2v) is 4.82. The molecule has 20 heavy (non-hydrogen) atoms. The molecule has 1 aromatic carbocycles. The van der Waals surface area contributed by atoms with E-state index in [9.17, 15) is 9.18 Å². The summed E-state index contributed by atoms with van der Waals surface area (Å²) in [5.41, 5.74) is 0.754. The van der Waals surface area contributed by atoms with Gasteiger partial charge in [0.15, 0.2) is 0 Å². The molecule has 0 radical (unpaired) electrons. The monoisotopic (exact) mass is 301 g/mol. The molecule has 1 atom stereocenters. The quantitative estimate of drug-likeness (QED) is 0.717. The Bertz CT molecular complexity index is 449. The van der Waals surface area contributed by atoms with Crippen molar-refractivity contribution in [3.05, 3.63) is 34.6 Å². The van der Waals surface area contributed by atoms with Crippen LogP contribution in [0.25, 0.3) is 0 Å². The number of carbonyl (C=O) groups is 1. The van der Waals surface area contributed by atoms with E-state index in [1.165, 1.54) is 12.1 Å². The molecule has 0 fully saturated rings. The summed E-state index contributed by atoms with van der Waals surface area (Å²) in [7, 11) is 0. The summed E-state index contributed by atoms with van der Waals surface area (Å²) in [4.78, 5) is 13.9. The molecule has 3 nitrogen and oxygen atoms in total. The predicted octanol–water partition coefficient (Wildman–Crippen LogP) is 3.82. The van der Waals surface area contributed by atoms with Crippen LogP contribution in [0.4, 0.5) is 4.39 Å². The summed E-state index contributed by atoms with van der Waals surface area (Å²) in [6.45, 7) is 7.69. The van der Waals surface area contributed by atoms with Gasteiger partial charge in [-0.3, -0.25) is 9.69 Å². The van der Waals surface area contributed by atoms with E-state index < -0.39 is 0 Å². The van der Waals surface area contributed by atoms with E-state index in [1.54, 1.807) is 13.0 Å². The van der Waals surface area contributed by atoms with Crippen LogP contribution in [0, 0.1) is 5.82 Å². The number of hydrogen-bond donors (Lipinski definition) is 0. The maximum Gasteiger partial charge on any atom is 0.307 e. The van der Waals surface area contributed by atoms with Crippen LogP contribution in [-0.4, -0.2) is 30.6 Å². The fourth-order valence-electron chi connectivity index (χ4n) is 2.25. The average Bonchev–Trinajstić information content (AvgIpc) is 2.39. The molecular weight excluding hydrogens is 281 g/mol. The summed E-state index contributed by atoms with van der Waals surface area (Å²) in [6, 6.07) is 4.08. The molecular formula is C15H21ClFNO2. The molecule has 0 saturated heterocycles. The van der Waals surface area contributed by atoms with Gasteiger partial charge in [-0.1, -0.05) is 31.5 Å². The van der Waals surface area contributed by atoms with Crippen LogP contribution in [-0.2, 0) is 9.53 Å². The fraction of sp³-hybridized carbons (Fsp3) is 0.533. The molecule has 5 heteroatoms. The molecule has 0 aliphatic rings.